The van der Waals surface area contributed by atoms with E-state index in [2.05, 4.69) is 20.6 Å². The van der Waals surface area contributed by atoms with Crippen molar-refractivity contribution in [2.75, 3.05) is 18.9 Å². The molecule has 0 atom stereocenters. The van der Waals surface area contributed by atoms with Gasteiger partial charge in [0.05, 0.1) is 0 Å². The number of hydrogen-bond donors (Lipinski definition) is 2. The lowest BCUT2D eigenvalue weighted by Crippen LogP contribution is -2.26. The van der Waals surface area contributed by atoms with Crippen molar-refractivity contribution in [2.24, 2.45) is 0 Å². The quantitative estimate of drug-likeness (QED) is 0.850. The zero-order valence-corrected chi connectivity index (χ0v) is 10.8. The van der Waals surface area contributed by atoms with Gasteiger partial charge in [-0.05, 0) is 30.2 Å². The van der Waals surface area contributed by atoms with Gasteiger partial charge in [-0.25, -0.2) is 0 Å². The highest BCUT2D eigenvalue weighted by atomic mass is 16.1. The number of aromatic nitrogens is 2. The van der Waals surface area contributed by atoms with Crippen molar-refractivity contribution in [1.82, 2.24) is 15.3 Å². The topological polar surface area (TPSA) is 66.9 Å². The zero-order chi connectivity index (χ0) is 13.5. The van der Waals surface area contributed by atoms with Crippen LogP contribution < -0.4 is 10.6 Å². The molecule has 2 aromatic heterocycles. The van der Waals surface area contributed by atoms with Gasteiger partial charge in [-0.1, -0.05) is 6.07 Å². The maximum absolute atomic E-state index is 11.9. The maximum Gasteiger partial charge on any atom is 0.269 e. The van der Waals surface area contributed by atoms with Gasteiger partial charge in [-0.2, -0.15) is 0 Å². The van der Waals surface area contributed by atoms with Crippen LogP contribution in [0.3, 0.4) is 0 Å². The number of hydrogen-bond acceptors (Lipinski definition) is 4. The fraction of sp³-hybridized carbons (Fsp3) is 0.214. The lowest BCUT2D eigenvalue weighted by Gasteiger charge is -2.06. The predicted octanol–water partition coefficient (Wildman–Crippen LogP) is 1.49. The van der Waals surface area contributed by atoms with E-state index in [9.17, 15) is 4.79 Å². The molecule has 98 valence electrons. The van der Waals surface area contributed by atoms with Gasteiger partial charge in [-0.3, -0.25) is 14.8 Å². The van der Waals surface area contributed by atoms with E-state index in [4.69, 9.17) is 0 Å². The highest BCUT2D eigenvalue weighted by Crippen LogP contribution is 2.06. The van der Waals surface area contributed by atoms with Crippen molar-refractivity contribution < 1.29 is 4.79 Å². The third-order valence-electron chi connectivity index (χ3n) is 2.70. The molecular formula is C14H16N4O. The van der Waals surface area contributed by atoms with Crippen molar-refractivity contribution in [3.05, 3.63) is 54.1 Å². The summed E-state index contributed by atoms with van der Waals surface area (Å²) in [7, 11) is 1.80. The van der Waals surface area contributed by atoms with E-state index in [1.54, 1.807) is 31.7 Å². The van der Waals surface area contributed by atoms with Gasteiger partial charge < -0.3 is 10.6 Å². The predicted molar refractivity (Wildman–Crippen MR) is 74.1 cm³/mol. The van der Waals surface area contributed by atoms with Crippen LogP contribution >= 0.6 is 0 Å². The number of pyridine rings is 2. The third kappa shape index (κ3) is 3.77. The van der Waals surface area contributed by atoms with E-state index in [-0.39, 0.29) is 5.91 Å². The van der Waals surface area contributed by atoms with E-state index in [1.807, 2.05) is 18.2 Å². The van der Waals surface area contributed by atoms with E-state index >= 15 is 0 Å². The average molecular weight is 256 g/mol. The molecule has 0 unspecified atom stereocenters. The molecule has 0 saturated carbocycles. The second-order valence-corrected chi connectivity index (χ2v) is 4.05. The monoisotopic (exact) mass is 256 g/mol. The summed E-state index contributed by atoms with van der Waals surface area (Å²) in [5.41, 5.74) is 2.38. The Hall–Kier alpha value is -2.43. The number of nitrogens with zero attached hydrogens (tertiary/aromatic N) is 2. The van der Waals surface area contributed by atoms with Gasteiger partial charge in [0.2, 0.25) is 0 Å². The van der Waals surface area contributed by atoms with E-state index in [0.717, 1.165) is 17.7 Å². The Labute approximate surface area is 112 Å². The molecule has 0 bridgehead atoms. The standard InChI is InChI=1S/C14H16N4O/c1-15-12-5-8-17-13(9-12)14(19)18-7-4-11-3-2-6-16-10-11/h2-3,5-6,8-10H,4,7H2,1H3,(H,15,17)(H,18,19). The smallest absolute Gasteiger partial charge is 0.269 e. The summed E-state index contributed by atoms with van der Waals surface area (Å²) in [6.07, 6.45) is 5.90. The van der Waals surface area contributed by atoms with Gasteiger partial charge in [-0.15, -0.1) is 0 Å². The van der Waals surface area contributed by atoms with Gasteiger partial charge in [0.25, 0.3) is 5.91 Å². The number of nitrogens with one attached hydrogen (secondary N) is 2. The summed E-state index contributed by atoms with van der Waals surface area (Å²) in [5, 5.41) is 5.82. The maximum atomic E-state index is 11.9. The molecule has 2 N–H and O–H groups in total. The second kappa shape index (κ2) is 6.49. The van der Waals surface area contributed by atoms with Gasteiger partial charge in [0.15, 0.2) is 0 Å². The molecule has 19 heavy (non-hydrogen) atoms. The fourth-order valence-corrected chi connectivity index (χ4v) is 1.67. The molecule has 0 fully saturated rings. The Bertz CT molecular complexity index is 542. The molecule has 0 spiro atoms. The molecule has 0 aromatic carbocycles. The molecule has 0 aliphatic rings. The first-order valence-corrected chi connectivity index (χ1v) is 6.10. The van der Waals surface area contributed by atoms with Crippen LogP contribution in [0.1, 0.15) is 16.1 Å². The SMILES string of the molecule is CNc1ccnc(C(=O)NCCc2cccnc2)c1. The Morgan fingerprint density at radius 1 is 1.32 bits per heavy atom. The number of rotatable bonds is 5. The summed E-state index contributed by atoms with van der Waals surface area (Å²) in [6.45, 7) is 0.565. The summed E-state index contributed by atoms with van der Waals surface area (Å²) in [6, 6.07) is 7.40. The van der Waals surface area contributed by atoms with Gasteiger partial charge >= 0.3 is 0 Å². The lowest BCUT2D eigenvalue weighted by atomic mass is 10.2. The number of carbonyl (C=O) groups is 1. The molecule has 0 aliphatic carbocycles. The average Bonchev–Trinajstić information content (AvgIpc) is 2.48. The highest BCUT2D eigenvalue weighted by Gasteiger charge is 2.06. The number of amides is 1. The second-order valence-electron chi connectivity index (χ2n) is 4.05. The van der Waals surface area contributed by atoms with Crippen molar-refractivity contribution in [3.63, 3.8) is 0 Å². The van der Waals surface area contributed by atoms with Crippen molar-refractivity contribution in [2.45, 2.75) is 6.42 Å². The molecule has 0 saturated heterocycles. The van der Waals surface area contributed by atoms with Crippen LogP contribution in [0.25, 0.3) is 0 Å². The van der Waals surface area contributed by atoms with Crippen LogP contribution in [0.5, 0.6) is 0 Å². The Morgan fingerprint density at radius 3 is 2.95 bits per heavy atom. The molecule has 2 heterocycles. The minimum absolute atomic E-state index is 0.166. The Morgan fingerprint density at radius 2 is 2.21 bits per heavy atom. The first-order valence-electron chi connectivity index (χ1n) is 6.10. The molecule has 1 amide bonds. The van der Waals surface area contributed by atoms with E-state index in [0.29, 0.717) is 12.2 Å². The van der Waals surface area contributed by atoms with E-state index < -0.39 is 0 Å². The van der Waals surface area contributed by atoms with Crippen LogP contribution in [0.4, 0.5) is 5.69 Å². The third-order valence-corrected chi connectivity index (χ3v) is 2.70. The normalized spacial score (nSPS) is 9.95. The fourth-order valence-electron chi connectivity index (χ4n) is 1.67. The van der Waals surface area contributed by atoms with Crippen LogP contribution in [-0.4, -0.2) is 29.5 Å². The molecule has 5 heteroatoms. The zero-order valence-electron chi connectivity index (χ0n) is 10.8. The van der Waals surface area contributed by atoms with E-state index in [1.165, 1.54) is 0 Å². The molecule has 0 aliphatic heterocycles. The lowest BCUT2D eigenvalue weighted by molar-refractivity contribution is 0.0949. The summed E-state index contributed by atoms with van der Waals surface area (Å²) >= 11 is 0. The number of anilines is 1. The molecular weight excluding hydrogens is 240 g/mol. The molecule has 5 nitrogen and oxygen atoms in total. The summed E-state index contributed by atoms with van der Waals surface area (Å²) in [5.74, 6) is -0.166. The minimum Gasteiger partial charge on any atom is -0.388 e. The summed E-state index contributed by atoms with van der Waals surface area (Å²) in [4.78, 5) is 20.0. The highest BCUT2D eigenvalue weighted by molar-refractivity contribution is 5.93. The van der Waals surface area contributed by atoms with Crippen LogP contribution in [0, 0.1) is 0 Å². The first kappa shape index (κ1) is 13.0. The van der Waals surface area contributed by atoms with Gasteiger partial charge in [0, 0.05) is 37.9 Å². The number of carbonyl (C=O) groups excluding carboxylic acids is 1. The van der Waals surface area contributed by atoms with Crippen molar-refractivity contribution >= 4 is 11.6 Å². The van der Waals surface area contributed by atoms with Crippen LogP contribution in [0.2, 0.25) is 0 Å². The molecule has 0 radical (unpaired) electrons. The largest absolute Gasteiger partial charge is 0.388 e. The van der Waals surface area contributed by atoms with Crippen LogP contribution in [0.15, 0.2) is 42.9 Å². The molecule has 2 rings (SSSR count). The van der Waals surface area contributed by atoms with Gasteiger partial charge in [0.1, 0.15) is 5.69 Å². The summed E-state index contributed by atoms with van der Waals surface area (Å²) < 4.78 is 0. The van der Waals surface area contributed by atoms with Crippen LogP contribution in [-0.2, 0) is 6.42 Å². The minimum atomic E-state index is -0.166. The first-order chi connectivity index (χ1) is 9.29. The van der Waals surface area contributed by atoms with Crippen molar-refractivity contribution in [1.29, 1.82) is 0 Å². The molecule has 2 aromatic rings. The Balaban J connectivity index is 1.87. The van der Waals surface area contributed by atoms with Crippen molar-refractivity contribution in [3.8, 4) is 0 Å². The Kier molecular flexibility index (Phi) is 4.44.